The predicted octanol–water partition coefficient (Wildman–Crippen LogP) is 7.74. The maximum atomic E-state index is 11.4. The van der Waals surface area contributed by atoms with Crippen molar-refractivity contribution < 1.29 is 28.9 Å². The third-order valence-corrected chi connectivity index (χ3v) is 6.79. The van der Waals surface area contributed by atoms with E-state index < -0.39 is 5.97 Å². The van der Waals surface area contributed by atoms with Crippen LogP contribution in [0.4, 0.5) is 0 Å². The number of hydrogen-bond donors (Lipinski definition) is 2. The molecule has 2 N–H and O–H groups in total. The third kappa shape index (κ3) is 14.6. The number of H-pyrrole nitrogens is 1. The van der Waals surface area contributed by atoms with Crippen LogP contribution in [-0.4, -0.2) is 76.4 Å². The zero-order valence-corrected chi connectivity index (χ0v) is 33.0. The first-order chi connectivity index (χ1) is 24.6. The summed E-state index contributed by atoms with van der Waals surface area (Å²) in [5.74, 6) is 2.08. The van der Waals surface area contributed by atoms with Crippen molar-refractivity contribution in [3.8, 4) is 29.3 Å². The number of aryl methyl sites for hydroxylation is 2. The smallest absolute Gasteiger partial charge is 0.337 e. The van der Waals surface area contributed by atoms with Crippen molar-refractivity contribution in [2.75, 3.05) is 19.8 Å². The summed E-state index contributed by atoms with van der Waals surface area (Å²) in [5.41, 5.74) is 2.32. The number of carboxylic acids is 1. The molecule has 5 aromatic heterocycles. The van der Waals surface area contributed by atoms with E-state index in [0.29, 0.717) is 60.2 Å². The van der Waals surface area contributed by atoms with Gasteiger partial charge in [-0.25, -0.2) is 29.2 Å². The molecule has 0 aliphatic rings. The van der Waals surface area contributed by atoms with Crippen LogP contribution in [-0.2, 0) is 0 Å². The number of aromatic nitrogens is 8. The highest BCUT2D eigenvalue weighted by Gasteiger charge is 2.15. The van der Waals surface area contributed by atoms with Crippen LogP contribution in [0.15, 0.2) is 61.1 Å². The molecule has 0 aromatic carbocycles. The van der Waals surface area contributed by atoms with E-state index in [1.807, 2.05) is 19.1 Å². The van der Waals surface area contributed by atoms with E-state index in [9.17, 15) is 9.59 Å². The van der Waals surface area contributed by atoms with E-state index in [2.05, 4.69) is 92.7 Å². The van der Waals surface area contributed by atoms with E-state index >= 15 is 0 Å². The molecular weight excluding hydrogens is 676 g/mol. The molecule has 0 atom stereocenters. The lowest BCUT2D eigenvalue weighted by atomic mass is 9.99. The molecule has 286 valence electrons. The molecule has 14 heteroatoms. The summed E-state index contributed by atoms with van der Waals surface area (Å²) in [7, 11) is 0. The predicted molar refractivity (Wildman–Crippen MR) is 203 cm³/mol. The van der Waals surface area contributed by atoms with Gasteiger partial charge in [0.2, 0.25) is 17.6 Å². The van der Waals surface area contributed by atoms with Gasteiger partial charge in [-0.1, -0.05) is 62.3 Å². The molecule has 5 heterocycles. The number of carboxylic acid groups (broad SMARTS) is 1. The highest BCUT2D eigenvalue weighted by atomic mass is 16.5. The molecule has 0 saturated carbocycles. The Kier molecular flexibility index (Phi) is 14.1. The molecule has 0 bridgehead atoms. The van der Waals surface area contributed by atoms with E-state index in [1.165, 1.54) is 13.0 Å². The largest absolute Gasteiger partial charge is 0.478 e. The van der Waals surface area contributed by atoms with Crippen molar-refractivity contribution in [1.29, 1.82) is 0 Å². The molecule has 5 aromatic rings. The topological polar surface area (TPSA) is 172 Å². The highest BCUT2D eigenvalue weighted by molar-refractivity contribution is 5.95. The Balaban J connectivity index is 0.000000225. The first-order valence-electron chi connectivity index (χ1n) is 17.3. The fraction of sp³-hybridized carbons (Fsp3) is 0.462. The van der Waals surface area contributed by atoms with Crippen molar-refractivity contribution in [1.82, 2.24) is 39.7 Å². The van der Waals surface area contributed by atoms with Crippen LogP contribution in [0.2, 0.25) is 0 Å². The molecule has 0 amide bonds. The molecule has 0 saturated heterocycles. The minimum absolute atomic E-state index is 0.0150. The number of ether oxygens (including phenoxy) is 3. The zero-order chi connectivity index (χ0) is 39.6. The Bertz CT molecular complexity index is 1810. The average molecular weight is 731 g/mol. The minimum atomic E-state index is -0.985. The van der Waals surface area contributed by atoms with Gasteiger partial charge in [0, 0.05) is 36.2 Å². The molecule has 0 aliphatic heterocycles. The van der Waals surface area contributed by atoms with Gasteiger partial charge in [0.15, 0.2) is 17.4 Å². The highest BCUT2D eigenvalue weighted by Crippen LogP contribution is 2.20. The number of aromatic carboxylic acids is 1. The number of hydrogen-bond acceptors (Lipinski definition) is 10. The van der Waals surface area contributed by atoms with Gasteiger partial charge in [0.05, 0.1) is 43.0 Å². The quantitative estimate of drug-likeness (QED) is 0.135. The van der Waals surface area contributed by atoms with Crippen LogP contribution >= 0.6 is 0 Å². The first kappa shape index (κ1) is 41.9. The standard InChI is InChI=1S/C16H21N3O2.C15H19N3O3.C8H14N2O/c1-11-13(12(2)20)6-7-14(17-11)19-9-8-15(18-19)21-10-16(3,4)5;1-10-11(14(19)20)5-6-12(16-10)18-8-7-13(17-18)21-9-15(2,3)4;1-8(2,3)6-11-7-4-5-9-10-7/h6-9H,10H2,1-5H3;5-8H,9H2,1-4H3,(H,19,20);4-5H,6H2,1-3H3,(H,9,10). The number of pyridine rings is 2. The Hall–Kier alpha value is -5.53. The molecule has 0 spiro atoms. The number of carbonyl (C=O) groups excluding carboxylic acids is 1. The normalized spacial score (nSPS) is 11.5. The molecule has 53 heavy (non-hydrogen) atoms. The summed E-state index contributed by atoms with van der Waals surface area (Å²) in [6.07, 6.45) is 5.21. The lowest BCUT2D eigenvalue weighted by Gasteiger charge is -2.17. The maximum absolute atomic E-state index is 11.4. The SMILES string of the molecule is CC(=O)c1ccc(-n2ccc(OCC(C)(C)C)n2)nc1C.CC(C)(C)COc1ccn[nH]1.Cc1nc(-n2ccc(OCC(C)(C)C)n2)ccc1C(=O)O. The van der Waals surface area contributed by atoms with Crippen LogP contribution in [0.25, 0.3) is 11.6 Å². The number of ketones is 1. The van der Waals surface area contributed by atoms with Gasteiger partial charge < -0.3 is 19.3 Å². The Morgan fingerprint density at radius 3 is 1.45 bits per heavy atom. The van der Waals surface area contributed by atoms with Crippen molar-refractivity contribution in [3.05, 3.63) is 83.6 Å². The van der Waals surface area contributed by atoms with Crippen LogP contribution in [0.5, 0.6) is 17.6 Å². The molecule has 14 nitrogen and oxygen atoms in total. The van der Waals surface area contributed by atoms with E-state index in [1.54, 1.807) is 59.1 Å². The number of rotatable bonds is 10. The Labute approximate surface area is 311 Å². The summed E-state index contributed by atoms with van der Waals surface area (Å²) >= 11 is 0. The summed E-state index contributed by atoms with van der Waals surface area (Å²) in [6.45, 7) is 25.8. The number of Topliss-reactive ketones (excluding diaryl/α,β-unsaturated/α-hetero) is 1. The van der Waals surface area contributed by atoms with E-state index in [4.69, 9.17) is 19.3 Å². The van der Waals surface area contributed by atoms with Gasteiger partial charge in [0.25, 0.3) is 0 Å². The van der Waals surface area contributed by atoms with Crippen molar-refractivity contribution in [3.63, 3.8) is 0 Å². The number of nitrogens with one attached hydrogen (secondary N) is 1. The molecule has 0 radical (unpaired) electrons. The van der Waals surface area contributed by atoms with Crippen molar-refractivity contribution >= 4 is 11.8 Å². The monoisotopic (exact) mass is 730 g/mol. The summed E-state index contributed by atoms with van der Waals surface area (Å²) in [4.78, 5) is 31.0. The lowest BCUT2D eigenvalue weighted by molar-refractivity contribution is 0.0695. The van der Waals surface area contributed by atoms with E-state index in [-0.39, 0.29) is 27.6 Å². The number of nitrogens with zero attached hydrogens (tertiary/aromatic N) is 7. The third-order valence-electron chi connectivity index (χ3n) is 6.79. The van der Waals surface area contributed by atoms with Crippen molar-refractivity contribution in [2.24, 2.45) is 16.2 Å². The van der Waals surface area contributed by atoms with Gasteiger partial charge in [-0.2, -0.15) is 5.10 Å². The summed E-state index contributed by atoms with van der Waals surface area (Å²) in [6, 6.07) is 12.1. The molecule has 0 fully saturated rings. The number of aromatic amines is 1. The van der Waals surface area contributed by atoms with Gasteiger partial charge in [-0.3, -0.25) is 4.79 Å². The minimum Gasteiger partial charge on any atom is -0.478 e. The van der Waals surface area contributed by atoms with E-state index in [0.717, 1.165) is 5.88 Å². The number of carbonyl (C=O) groups is 2. The molecule has 0 unspecified atom stereocenters. The lowest BCUT2D eigenvalue weighted by Crippen LogP contribution is -2.17. The van der Waals surface area contributed by atoms with Gasteiger partial charge in [0.1, 0.15) is 0 Å². The molecular formula is C39H54N8O6. The average Bonchev–Trinajstić information content (AvgIpc) is 3.84. The zero-order valence-electron chi connectivity index (χ0n) is 33.0. The Morgan fingerprint density at radius 1 is 0.660 bits per heavy atom. The van der Waals surface area contributed by atoms with Crippen LogP contribution in [0, 0.1) is 30.1 Å². The van der Waals surface area contributed by atoms with Crippen LogP contribution in [0.3, 0.4) is 0 Å². The van der Waals surface area contributed by atoms with Gasteiger partial charge >= 0.3 is 5.97 Å². The second-order valence-electron chi connectivity index (χ2n) is 16.1. The fourth-order valence-corrected chi connectivity index (χ4v) is 4.17. The van der Waals surface area contributed by atoms with Crippen LogP contribution < -0.4 is 14.2 Å². The Morgan fingerprint density at radius 2 is 1.09 bits per heavy atom. The first-order valence-corrected chi connectivity index (χ1v) is 17.3. The molecule has 0 aliphatic carbocycles. The maximum Gasteiger partial charge on any atom is 0.337 e. The summed E-state index contributed by atoms with van der Waals surface area (Å²) < 4.78 is 19.9. The van der Waals surface area contributed by atoms with Gasteiger partial charge in [-0.15, -0.1) is 10.2 Å². The molecule has 5 rings (SSSR count). The second-order valence-corrected chi connectivity index (χ2v) is 16.1. The fourth-order valence-electron chi connectivity index (χ4n) is 4.17. The van der Waals surface area contributed by atoms with Crippen molar-refractivity contribution in [2.45, 2.75) is 83.1 Å². The van der Waals surface area contributed by atoms with Crippen LogP contribution in [0.1, 0.15) is 101 Å². The summed E-state index contributed by atoms with van der Waals surface area (Å²) in [5, 5.41) is 24.1. The second kappa shape index (κ2) is 17.8. The van der Waals surface area contributed by atoms with Gasteiger partial charge in [-0.05, 0) is 61.3 Å².